The van der Waals surface area contributed by atoms with Crippen LogP contribution in [0.5, 0.6) is 11.8 Å². The van der Waals surface area contributed by atoms with Gasteiger partial charge < -0.3 is 19.9 Å². The summed E-state index contributed by atoms with van der Waals surface area (Å²) in [6.45, 7) is 4.55. The molecule has 3 heterocycles. The van der Waals surface area contributed by atoms with Crippen LogP contribution in [0.3, 0.4) is 0 Å². The second kappa shape index (κ2) is 10.4. The van der Waals surface area contributed by atoms with Gasteiger partial charge in [-0.2, -0.15) is 9.97 Å². The van der Waals surface area contributed by atoms with Crippen LogP contribution in [0, 0.1) is 12.8 Å². The summed E-state index contributed by atoms with van der Waals surface area (Å²) in [5.41, 5.74) is 2.80. The van der Waals surface area contributed by atoms with E-state index >= 15 is 0 Å². The van der Waals surface area contributed by atoms with E-state index in [0.29, 0.717) is 54.8 Å². The number of carbonyl (C=O) groups is 1. The minimum atomic E-state index is -0.756. The molecule has 0 spiro atoms. The molecule has 0 amide bonds. The highest BCUT2D eigenvalue weighted by molar-refractivity contribution is 5.70. The van der Waals surface area contributed by atoms with Gasteiger partial charge in [-0.3, -0.25) is 4.79 Å². The minimum Gasteiger partial charge on any atom is -0.489 e. The molecular weight excluding hydrogens is 440 g/mol. The fourth-order valence-electron chi connectivity index (χ4n) is 3.96. The van der Waals surface area contributed by atoms with E-state index in [-0.39, 0.29) is 18.0 Å². The Balaban J connectivity index is 1.47. The lowest BCUT2D eigenvalue weighted by atomic mass is 9.87. The monoisotopic (exact) mass is 468 g/mol. The van der Waals surface area contributed by atoms with Crippen LogP contribution < -0.4 is 14.8 Å². The second-order valence-electron chi connectivity index (χ2n) is 8.11. The molecule has 0 aliphatic heterocycles. The van der Waals surface area contributed by atoms with Crippen LogP contribution in [0.2, 0.25) is 0 Å². The Morgan fingerprint density at radius 3 is 2.88 bits per heavy atom. The van der Waals surface area contributed by atoms with Gasteiger partial charge in [0.2, 0.25) is 5.95 Å². The number of aromatic nitrogens is 7. The first-order chi connectivity index (χ1) is 16.4. The number of carboxylic acids is 1. The zero-order valence-corrected chi connectivity index (χ0v) is 19.4. The number of aliphatic carboxylic acids is 1. The highest BCUT2D eigenvalue weighted by Crippen LogP contribution is 2.30. The first-order valence-corrected chi connectivity index (χ1v) is 11.3. The Hall–Kier alpha value is -3.83. The standard InChI is InChI=1S/C22H28N8O4/c1-4-33-22-25-12-24-21(27-22)23-11-17-19(28-29-30(17)3)16-8-9-18(13(2)26-16)34-15-7-5-6-14(10-15)20(31)32/h8-9,12,14-15H,4-7,10-11H2,1-3H3,(H,31,32)(H,23,24,25,27)/t14-,15-/m0/s1. The van der Waals surface area contributed by atoms with E-state index in [1.54, 1.807) is 11.7 Å². The summed E-state index contributed by atoms with van der Waals surface area (Å²) in [6.07, 6.45) is 4.16. The summed E-state index contributed by atoms with van der Waals surface area (Å²) in [5.74, 6) is -0.0777. The third kappa shape index (κ3) is 5.38. The van der Waals surface area contributed by atoms with Crippen molar-refractivity contribution in [2.75, 3.05) is 11.9 Å². The average molecular weight is 469 g/mol. The average Bonchev–Trinajstić information content (AvgIpc) is 3.20. The molecular formula is C22H28N8O4. The predicted octanol–water partition coefficient (Wildman–Crippen LogP) is 2.40. The number of anilines is 1. The van der Waals surface area contributed by atoms with Crippen molar-refractivity contribution in [1.29, 1.82) is 0 Å². The largest absolute Gasteiger partial charge is 0.489 e. The van der Waals surface area contributed by atoms with Gasteiger partial charge >= 0.3 is 12.0 Å². The lowest BCUT2D eigenvalue weighted by Gasteiger charge is -2.27. The first-order valence-electron chi connectivity index (χ1n) is 11.3. The molecule has 34 heavy (non-hydrogen) atoms. The van der Waals surface area contributed by atoms with Crippen molar-refractivity contribution >= 4 is 11.9 Å². The molecule has 3 aromatic rings. The molecule has 1 aliphatic carbocycles. The molecule has 0 bridgehead atoms. The summed E-state index contributed by atoms with van der Waals surface area (Å²) in [7, 11) is 1.80. The first kappa shape index (κ1) is 23.3. The van der Waals surface area contributed by atoms with E-state index in [1.807, 2.05) is 26.0 Å². The molecule has 2 atom stereocenters. The summed E-state index contributed by atoms with van der Waals surface area (Å²) in [4.78, 5) is 28.3. The number of carboxylic acid groups (broad SMARTS) is 1. The number of hydrogen-bond acceptors (Lipinski definition) is 10. The molecule has 4 rings (SSSR count). The van der Waals surface area contributed by atoms with Crippen LogP contribution >= 0.6 is 0 Å². The molecule has 0 aromatic carbocycles. The van der Waals surface area contributed by atoms with E-state index in [1.165, 1.54) is 6.33 Å². The zero-order chi connectivity index (χ0) is 24.1. The maximum atomic E-state index is 11.3. The molecule has 12 heteroatoms. The van der Waals surface area contributed by atoms with E-state index in [2.05, 4.69) is 35.6 Å². The number of rotatable bonds is 9. The van der Waals surface area contributed by atoms with Crippen molar-refractivity contribution in [3.63, 3.8) is 0 Å². The minimum absolute atomic E-state index is 0.126. The Labute approximate surface area is 196 Å². The van der Waals surface area contributed by atoms with Gasteiger partial charge in [0.25, 0.3) is 0 Å². The Bertz CT molecular complexity index is 1150. The number of hydrogen-bond donors (Lipinski definition) is 2. The quantitative estimate of drug-likeness (QED) is 0.476. The van der Waals surface area contributed by atoms with Crippen molar-refractivity contribution in [1.82, 2.24) is 34.9 Å². The van der Waals surface area contributed by atoms with E-state index in [9.17, 15) is 9.90 Å². The Morgan fingerprint density at radius 2 is 2.12 bits per heavy atom. The highest BCUT2D eigenvalue weighted by atomic mass is 16.5. The van der Waals surface area contributed by atoms with Gasteiger partial charge in [0.15, 0.2) is 0 Å². The number of aryl methyl sites for hydroxylation is 2. The fraction of sp³-hybridized carbons (Fsp3) is 0.500. The lowest BCUT2D eigenvalue weighted by molar-refractivity contribution is -0.143. The van der Waals surface area contributed by atoms with Gasteiger partial charge in [0.1, 0.15) is 17.8 Å². The summed E-state index contributed by atoms with van der Waals surface area (Å²) in [6, 6.07) is 3.95. The third-order valence-corrected chi connectivity index (χ3v) is 5.73. The fourth-order valence-corrected chi connectivity index (χ4v) is 3.96. The molecule has 180 valence electrons. The number of nitrogens with one attached hydrogen (secondary N) is 1. The van der Waals surface area contributed by atoms with Crippen molar-refractivity contribution in [2.45, 2.75) is 52.2 Å². The van der Waals surface area contributed by atoms with E-state index in [0.717, 1.165) is 18.5 Å². The second-order valence-corrected chi connectivity index (χ2v) is 8.11. The predicted molar refractivity (Wildman–Crippen MR) is 121 cm³/mol. The molecule has 2 N–H and O–H groups in total. The zero-order valence-electron chi connectivity index (χ0n) is 19.4. The summed E-state index contributed by atoms with van der Waals surface area (Å²) >= 11 is 0. The van der Waals surface area contributed by atoms with Gasteiger partial charge in [-0.05, 0) is 51.7 Å². The maximum Gasteiger partial charge on any atom is 0.321 e. The van der Waals surface area contributed by atoms with Crippen molar-refractivity contribution in [3.8, 4) is 23.1 Å². The molecule has 12 nitrogen and oxygen atoms in total. The molecule has 1 saturated carbocycles. The van der Waals surface area contributed by atoms with Crippen LogP contribution in [0.1, 0.15) is 44.0 Å². The normalized spacial score (nSPS) is 17.9. The van der Waals surface area contributed by atoms with Crippen molar-refractivity contribution in [3.05, 3.63) is 29.8 Å². The summed E-state index contributed by atoms with van der Waals surface area (Å²) in [5, 5.41) is 20.9. The van der Waals surface area contributed by atoms with Crippen LogP contribution in [0.4, 0.5) is 5.95 Å². The molecule has 3 aromatic heterocycles. The van der Waals surface area contributed by atoms with Gasteiger partial charge in [0.05, 0.1) is 42.3 Å². The van der Waals surface area contributed by atoms with Crippen LogP contribution in [0.25, 0.3) is 11.4 Å². The number of ether oxygens (including phenoxy) is 2. The number of nitrogens with zero attached hydrogens (tertiary/aromatic N) is 7. The maximum absolute atomic E-state index is 11.3. The van der Waals surface area contributed by atoms with Crippen molar-refractivity contribution in [2.24, 2.45) is 13.0 Å². The van der Waals surface area contributed by atoms with Crippen LogP contribution in [-0.2, 0) is 18.4 Å². The van der Waals surface area contributed by atoms with E-state index < -0.39 is 5.97 Å². The smallest absolute Gasteiger partial charge is 0.321 e. The molecule has 1 aliphatic rings. The van der Waals surface area contributed by atoms with E-state index in [4.69, 9.17) is 9.47 Å². The number of pyridine rings is 1. The molecule has 0 unspecified atom stereocenters. The van der Waals surface area contributed by atoms with Gasteiger partial charge in [-0.1, -0.05) is 5.21 Å². The van der Waals surface area contributed by atoms with Gasteiger partial charge in [-0.15, -0.1) is 5.10 Å². The SMILES string of the molecule is CCOc1ncnc(NCc2c(-c3ccc(O[C@H]4CCC[C@H](C(=O)O)C4)c(C)n3)nnn2C)n1. The van der Waals surface area contributed by atoms with Crippen LogP contribution in [0.15, 0.2) is 18.5 Å². The lowest BCUT2D eigenvalue weighted by Crippen LogP contribution is -2.29. The molecule has 0 radical (unpaired) electrons. The van der Waals surface area contributed by atoms with Crippen molar-refractivity contribution < 1.29 is 19.4 Å². The van der Waals surface area contributed by atoms with Gasteiger partial charge in [-0.25, -0.2) is 14.6 Å². The molecule has 0 saturated heterocycles. The highest BCUT2D eigenvalue weighted by Gasteiger charge is 2.28. The third-order valence-electron chi connectivity index (χ3n) is 5.73. The van der Waals surface area contributed by atoms with Gasteiger partial charge in [0, 0.05) is 7.05 Å². The topological polar surface area (TPSA) is 150 Å². The van der Waals surface area contributed by atoms with Crippen LogP contribution in [-0.4, -0.2) is 58.7 Å². The molecule has 1 fully saturated rings. The Kier molecular flexibility index (Phi) is 7.14. The Morgan fingerprint density at radius 1 is 1.26 bits per heavy atom. The summed E-state index contributed by atoms with van der Waals surface area (Å²) < 4.78 is 13.1.